The minimum Gasteiger partial charge on any atom is -0.340 e. The molecule has 0 aromatic heterocycles. The number of rotatable bonds is 4. The zero-order valence-corrected chi connectivity index (χ0v) is 15.8. The second kappa shape index (κ2) is 7.55. The van der Waals surface area contributed by atoms with E-state index in [1.54, 1.807) is 0 Å². The summed E-state index contributed by atoms with van der Waals surface area (Å²) in [4.78, 5) is 29.9. The first-order valence-corrected chi connectivity index (χ1v) is 9.78. The Balaban J connectivity index is 1.49. The lowest BCUT2D eigenvalue weighted by Crippen LogP contribution is -2.47. The minimum atomic E-state index is -0.0618. The van der Waals surface area contributed by atoms with Crippen LogP contribution in [0.25, 0.3) is 0 Å². The molecule has 2 aromatic carbocycles. The number of nitrogens with zero attached hydrogens (tertiary/aromatic N) is 2. The smallest absolute Gasteiger partial charge is 0.228 e. The summed E-state index contributed by atoms with van der Waals surface area (Å²) < 4.78 is 0. The minimum absolute atomic E-state index is 0.0618. The van der Waals surface area contributed by atoms with Crippen molar-refractivity contribution >= 4 is 11.8 Å². The molecule has 0 spiro atoms. The third-order valence-corrected chi connectivity index (χ3v) is 5.94. The molecule has 5 rings (SSSR count). The maximum atomic E-state index is 13.0. The maximum Gasteiger partial charge on any atom is 0.228 e. The second-order valence-corrected chi connectivity index (χ2v) is 7.78. The molecule has 2 aromatic rings. The fourth-order valence-corrected chi connectivity index (χ4v) is 4.32. The predicted octanol–water partition coefficient (Wildman–Crippen LogP) is 3.19. The topological polar surface area (TPSA) is 40.6 Å². The van der Waals surface area contributed by atoms with E-state index >= 15 is 0 Å². The third-order valence-electron chi connectivity index (χ3n) is 5.94. The van der Waals surface area contributed by atoms with Gasteiger partial charge >= 0.3 is 0 Å². The molecule has 2 amide bonds. The molecule has 2 atom stereocenters. The van der Waals surface area contributed by atoms with Crippen molar-refractivity contribution in [3.63, 3.8) is 0 Å². The van der Waals surface area contributed by atoms with Crippen LogP contribution in [0, 0.1) is 12.8 Å². The van der Waals surface area contributed by atoms with Gasteiger partial charge in [0.05, 0.1) is 12.3 Å². The number of hydrogen-bond acceptors (Lipinski definition) is 2. The van der Waals surface area contributed by atoms with Crippen LogP contribution >= 0.6 is 0 Å². The predicted molar refractivity (Wildman–Crippen MR) is 105 cm³/mol. The average molecular weight is 362 g/mol. The summed E-state index contributed by atoms with van der Waals surface area (Å²) in [7, 11) is 0. The number of carbonyl (C=O) groups excluding carboxylic acids is 2. The van der Waals surface area contributed by atoms with E-state index in [9.17, 15) is 9.59 Å². The van der Waals surface area contributed by atoms with Gasteiger partial charge in [-0.25, -0.2) is 0 Å². The van der Waals surface area contributed by atoms with Crippen molar-refractivity contribution in [3.05, 3.63) is 71.3 Å². The second-order valence-electron chi connectivity index (χ2n) is 7.78. The van der Waals surface area contributed by atoms with E-state index in [1.807, 2.05) is 59.2 Å². The largest absolute Gasteiger partial charge is 0.340 e. The quantitative estimate of drug-likeness (QED) is 0.838. The summed E-state index contributed by atoms with van der Waals surface area (Å²) in [5.41, 5.74) is 3.37. The number of benzene rings is 2. The normalized spacial score (nSPS) is 22.0. The van der Waals surface area contributed by atoms with Crippen molar-refractivity contribution in [1.82, 2.24) is 9.80 Å². The van der Waals surface area contributed by atoms with Gasteiger partial charge in [0.1, 0.15) is 0 Å². The van der Waals surface area contributed by atoms with Gasteiger partial charge < -0.3 is 9.80 Å². The molecule has 2 bridgehead atoms. The summed E-state index contributed by atoms with van der Waals surface area (Å²) in [6, 6.07) is 18.3. The van der Waals surface area contributed by atoms with E-state index in [1.165, 1.54) is 0 Å². The number of hydrogen-bond donors (Lipinski definition) is 0. The van der Waals surface area contributed by atoms with Crippen LogP contribution in [-0.2, 0) is 22.6 Å². The Morgan fingerprint density at radius 3 is 2.52 bits per heavy atom. The van der Waals surface area contributed by atoms with Gasteiger partial charge in [0.25, 0.3) is 0 Å². The summed E-state index contributed by atoms with van der Waals surface area (Å²) in [5, 5.41) is 0. The summed E-state index contributed by atoms with van der Waals surface area (Å²) in [5.74, 6) is 0.283. The molecule has 4 heteroatoms. The highest BCUT2D eigenvalue weighted by molar-refractivity contribution is 5.84. The van der Waals surface area contributed by atoms with Crippen LogP contribution in [0.3, 0.4) is 0 Å². The third kappa shape index (κ3) is 3.75. The van der Waals surface area contributed by atoms with Gasteiger partial charge in [-0.05, 0) is 36.5 Å². The van der Waals surface area contributed by atoms with E-state index in [0.29, 0.717) is 26.1 Å². The number of piperidine rings is 1. The monoisotopic (exact) mass is 362 g/mol. The number of aryl methyl sites for hydroxylation is 1. The molecular weight excluding hydrogens is 336 g/mol. The van der Waals surface area contributed by atoms with Gasteiger partial charge in [0.2, 0.25) is 11.8 Å². The average Bonchev–Trinajstić information content (AvgIpc) is 2.97. The van der Waals surface area contributed by atoms with E-state index < -0.39 is 0 Å². The fourth-order valence-electron chi connectivity index (χ4n) is 4.32. The van der Waals surface area contributed by atoms with Crippen LogP contribution in [0.4, 0.5) is 0 Å². The van der Waals surface area contributed by atoms with Gasteiger partial charge in [0, 0.05) is 25.7 Å². The van der Waals surface area contributed by atoms with Crippen molar-refractivity contribution in [2.45, 2.75) is 38.8 Å². The van der Waals surface area contributed by atoms with Crippen LogP contribution in [-0.4, -0.2) is 40.7 Å². The van der Waals surface area contributed by atoms with Gasteiger partial charge in [-0.1, -0.05) is 54.6 Å². The number of carbonyl (C=O) groups is 2. The highest BCUT2D eigenvalue weighted by Gasteiger charge is 2.41. The van der Waals surface area contributed by atoms with Crippen molar-refractivity contribution in [2.24, 2.45) is 5.92 Å². The van der Waals surface area contributed by atoms with Gasteiger partial charge in [-0.2, -0.15) is 0 Å². The van der Waals surface area contributed by atoms with Crippen LogP contribution in [0.5, 0.6) is 0 Å². The molecule has 0 aliphatic carbocycles. The highest BCUT2D eigenvalue weighted by Crippen LogP contribution is 2.30. The molecule has 0 N–H and O–H groups in total. The Morgan fingerprint density at radius 1 is 1.00 bits per heavy atom. The van der Waals surface area contributed by atoms with Crippen molar-refractivity contribution in [1.29, 1.82) is 0 Å². The molecule has 3 fully saturated rings. The first kappa shape index (κ1) is 17.8. The number of fused-ring (bicyclic) bond motifs is 4. The molecule has 3 heterocycles. The van der Waals surface area contributed by atoms with Crippen LogP contribution in [0.1, 0.15) is 29.5 Å². The lowest BCUT2D eigenvalue weighted by atomic mass is 9.93. The lowest BCUT2D eigenvalue weighted by Gasteiger charge is -2.36. The molecule has 3 aliphatic rings. The van der Waals surface area contributed by atoms with E-state index in [2.05, 4.69) is 12.1 Å². The lowest BCUT2D eigenvalue weighted by molar-refractivity contribution is -0.140. The van der Waals surface area contributed by atoms with Gasteiger partial charge in [0.15, 0.2) is 0 Å². The van der Waals surface area contributed by atoms with E-state index in [0.717, 1.165) is 29.5 Å². The summed E-state index contributed by atoms with van der Waals surface area (Å²) in [6.45, 7) is 3.89. The maximum absolute atomic E-state index is 13.0. The fraction of sp³-hybridized carbons (Fsp3) is 0.391. The van der Waals surface area contributed by atoms with E-state index in [-0.39, 0.29) is 23.8 Å². The molecule has 27 heavy (non-hydrogen) atoms. The molecular formula is C23H26N2O2. The Labute approximate surface area is 160 Å². The van der Waals surface area contributed by atoms with Crippen LogP contribution in [0.2, 0.25) is 0 Å². The highest BCUT2D eigenvalue weighted by atomic mass is 16.2. The Morgan fingerprint density at radius 2 is 1.74 bits per heavy atom. The zero-order chi connectivity index (χ0) is 18.8. The molecule has 0 saturated carbocycles. The van der Waals surface area contributed by atoms with Gasteiger partial charge in [-0.3, -0.25) is 9.59 Å². The Bertz CT molecular complexity index is 833. The van der Waals surface area contributed by atoms with Crippen LogP contribution < -0.4 is 0 Å². The van der Waals surface area contributed by atoms with Gasteiger partial charge in [-0.15, -0.1) is 0 Å². The van der Waals surface area contributed by atoms with Crippen molar-refractivity contribution in [2.75, 3.05) is 13.1 Å². The standard InChI is InChI=1S/C23H26N2O2/c1-17-7-5-6-10-19(17)13-22(26)24-15-20-11-12-21(16-24)25(23(20)27)14-18-8-3-2-4-9-18/h2-10,20-21H,11-16H2,1H3/t20-,21+/m0/s1. The summed E-state index contributed by atoms with van der Waals surface area (Å²) in [6.07, 6.45) is 2.29. The Hall–Kier alpha value is -2.62. The van der Waals surface area contributed by atoms with Crippen molar-refractivity contribution < 1.29 is 9.59 Å². The molecule has 0 radical (unpaired) electrons. The molecule has 4 nitrogen and oxygen atoms in total. The Kier molecular flexibility index (Phi) is 4.97. The first-order chi connectivity index (χ1) is 13.1. The molecule has 0 unspecified atom stereocenters. The molecule has 3 aliphatic heterocycles. The van der Waals surface area contributed by atoms with Crippen molar-refractivity contribution in [3.8, 4) is 0 Å². The SMILES string of the molecule is Cc1ccccc1CC(=O)N1C[C@@H]2CC[C@H](C1)N(Cc1ccccc1)C2=O. The zero-order valence-electron chi connectivity index (χ0n) is 15.8. The molecule has 140 valence electrons. The van der Waals surface area contributed by atoms with E-state index in [4.69, 9.17) is 0 Å². The summed E-state index contributed by atoms with van der Waals surface area (Å²) >= 11 is 0. The number of amides is 2. The van der Waals surface area contributed by atoms with Crippen LogP contribution in [0.15, 0.2) is 54.6 Å². The first-order valence-electron chi connectivity index (χ1n) is 9.78. The molecule has 3 saturated heterocycles.